The summed E-state index contributed by atoms with van der Waals surface area (Å²) in [5, 5.41) is 2.83. The van der Waals surface area contributed by atoms with Crippen molar-refractivity contribution in [2.45, 2.75) is 25.3 Å². The molecule has 0 spiro atoms. The lowest BCUT2D eigenvalue weighted by molar-refractivity contribution is -0.119. The van der Waals surface area contributed by atoms with Gasteiger partial charge in [0.05, 0.1) is 11.9 Å². The number of hydrogen-bond donors (Lipinski definition) is 1. The van der Waals surface area contributed by atoms with Gasteiger partial charge in [0.25, 0.3) is 0 Å². The zero-order valence-electron chi connectivity index (χ0n) is 9.98. The number of aryl methyl sites for hydroxylation is 1. The number of pyridine rings is 1. The minimum atomic E-state index is 0.0615. The summed E-state index contributed by atoms with van der Waals surface area (Å²) >= 11 is 5.94. The van der Waals surface area contributed by atoms with E-state index in [9.17, 15) is 4.79 Å². The first-order valence-corrected chi connectivity index (χ1v) is 6.38. The van der Waals surface area contributed by atoms with E-state index in [4.69, 9.17) is 11.6 Å². The van der Waals surface area contributed by atoms with Crippen LogP contribution in [-0.4, -0.2) is 27.0 Å². The van der Waals surface area contributed by atoms with Crippen LogP contribution < -0.4 is 5.32 Å². The largest absolute Gasteiger partial charge is 0.354 e. The predicted octanol–water partition coefficient (Wildman–Crippen LogP) is 1.54. The number of carbonyl (C=O) groups is 1. The lowest BCUT2D eigenvalue weighted by Gasteiger charge is -2.12. The molecule has 1 saturated heterocycles. The molecule has 5 nitrogen and oxygen atoms in total. The topological polar surface area (TPSA) is 59.8 Å². The highest BCUT2D eigenvalue weighted by atomic mass is 35.5. The Kier molecular flexibility index (Phi) is 2.70. The molecule has 0 radical (unpaired) electrons. The Bertz CT molecular complexity index is 622. The Morgan fingerprint density at radius 3 is 3.11 bits per heavy atom. The fourth-order valence-corrected chi connectivity index (χ4v) is 2.57. The fourth-order valence-electron chi connectivity index (χ4n) is 2.38. The van der Waals surface area contributed by atoms with Crippen molar-refractivity contribution in [1.82, 2.24) is 19.9 Å². The van der Waals surface area contributed by atoms with Crippen molar-refractivity contribution in [3.8, 4) is 0 Å². The minimum absolute atomic E-state index is 0.0615. The van der Waals surface area contributed by atoms with E-state index in [-0.39, 0.29) is 11.9 Å². The maximum atomic E-state index is 11.3. The molecule has 0 saturated carbocycles. The van der Waals surface area contributed by atoms with Crippen molar-refractivity contribution in [3.63, 3.8) is 0 Å². The summed E-state index contributed by atoms with van der Waals surface area (Å²) in [6, 6.07) is 2.05. The van der Waals surface area contributed by atoms with E-state index in [1.165, 1.54) is 0 Å². The van der Waals surface area contributed by atoms with Gasteiger partial charge in [-0.3, -0.25) is 4.79 Å². The van der Waals surface area contributed by atoms with Crippen molar-refractivity contribution in [3.05, 3.63) is 23.7 Å². The predicted molar refractivity (Wildman–Crippen MR) is 68.5 cm³/mol. The average Bonchev–Trinajstić information content (AvgIpc) is 2.91. The molecule has 1 fully saturated rings. The third-order valence-electron chi connectivity index (χ3n) is 3.18. The number of aromatic nitrogens is 3. The molecule has 0 bridgehead atoms. The molecule has 18 heavy (non-hydrogen) atoms. The van der Waals surface area contributed by atoms with Crippen LogP contribution in [0.5, 0.6) is 0 Å². The van der Waals surface area contributed by atoms with Gasteiger partial charge in [-0.05, 0) is 18.6 Å². The number of nitrogens with one attached hydrogen (secondary N) is 1. The highest BCUT2D eigenvalue weighted by molar-refractivity contribution is 6.16. The van der Waals surface area contributed by atoms with E-state index in [0.29, 0.717) is 18.8 Å². The van der Waals surface area contributed by atoms with Gasteiger partial charge in [-0.1, -0.05) is 0 Å². The van der Waals surface area contributed by atoms with Gasteiger partial charge in [-0.15, -0.1) is 11.6 Å². The molecule has 0 aliphatic carbocycles. The van der Waals surface area contributed by atoms with E-state index in [1.807, 2.05) is 23.8 Å². The Hall–Kier alpha value is -1.62. The van der Waals surface area contributed by atoms with Crippen LogP contribution in [-0.2, 0) is 10.7 Å². The number of nitrogens with zero attached hydrogens (tertiary/aromatic N) is 3. The van der Waals surface area contributed by atoms with Crippen LogP contribution >= 0.6 is 11.6 Å². The van der Waals surface area contributed by atoms with Crippen LogP contribution in [0.3, 0.4) is 0 Å². The molecule has 3 heterocycles. The third kappa shape index (κ3) is 1.75. The lowest BCUT2D eigenvalue weighted by Crippen LogP contribution is -2.16. The molecule has 2 aromatic heterocycles. The molecule has 2 aromatic rings. The van der Waals surface area contributed by atoms with Crippen LogP contribution in [0.1, 0.15) is 23.9 Å². The highest BCUT2D eigenvalue weighted by Gasteiger charge is 2.27. The maximum Gasteiger partial charge on any atom is 0.222 e. The highest BCUT2D eigenvalue weighted by Crippen LogP contribution is 2.25. The molecule has 1 unspecified atom stereocenters. The van der Waals surface area contributed by atoms with Gasteiger partial charge < -0.3 is 9.88 Å². The number of amides is 1. The van der Waals surface area contributed by atoms with Gasteiger partial charge in [0, 0.05) is 19.2 Å². The average molecular weight is 265 g/mol. The Labute approximate surface area is 109 Å². The monoisotopic (exact) mass is 264 g/mol. The number of halogens is 1. The first-order valence-electron chi connectivity index (χ1n) is 5.85. The zero-order chi connectivity index (χ0) is 12.7. The van der Waals surface area contributed by atoms with E-state index in [0.717, 1.165) is 22.6 Å². The van der Waals surface area contributed by atoms with Crippen LogP contribution in [0.2, 0.25) is 0 Å². The van der Waals surface area contributed by atoms with Crippen molar-refractivity contribution in [2.24, 2.45) is 0 Å². The number of carbonyl (C=O) groups excluding carboxylic acids is 1. The number of imidazole rings is 1. The summed E-state index contributed by atoms with van der Waals surface area (Å²) in [4.78, 5) is 20.3. The molecule has 1 aliphatic rings. The van der Waals surface area contributed by atoms with Crippen molar-refractivity contribution < 1.29 is 4.79 Å². The van der Waals surface area contributed by atoms with Crippen molar-refractivity contribution >= 4 is 28.7 Å². The normalized spacial score (nSPS) is 19.4. The van der Waals surface area contributed by atoms with Crippen molar-refractivity contribution in [2.75, 3.05) is 6.54 Å². The SMILES string of the molecule is Cc1cnc2c(c1)nc(CCl)n2C1CNC(=O)C1. The van der Waals surface area contributed by atoms with Crippen LogP contribution in [0.25, 0.3) is 11.2 Å². The molecule has 6 heteroatoms. The third-order valence-corrected chi connectivity index (χ3v) is 3.42. The summed E-state index contributed by atoms with van der Waals surface area (Å²) in [7, 11) is 0. The van der Waals surface area contributed by atoms with Gasteiger partial charge in [0.2, 0.25) is 5.91 Å². The zero-order valence-corrected chi connectivity index (χ0v) is 10.7. The quantitative estimate of drug-likeness (QED) is 0.837. The number of hydrogen-bond acceptors (Lipinski definition) is 3. The van der Waals surface area contributed by atoms with Crippen LogP contribution in [0.15, 0.2) is 12.3 Å². The number of alkyl halides is 1. The minimum Gasteiger partial charge on any atom is -0.354 e. The standard InChI is InChI=1S/C12H13ClN4O/c1-7-2-9-12(15-5-7)17(10(4-13)16-9)8-3-11(18)14-6-8/h2,5,8H,3-4,6H2,1H3,(H,14,18). The van der Waals surface area contributed by atoms with Gasteiger partial charge in [0.1, 0.15) is 11.3 Å². The van der Waals surface area contributed by atoms with Gasteiger partial charge in [-0.25, -0.2) is 9.97 Å². The lowest BCUT2D eigenvalue weighted by atomic mass is 10.2. The van der Waals surface area contributed by atoms with Gasteiger partial charge in [-0.2, -0.15) is 0 Å². The molecule has 1 aliphatic heterocycles. The Morgan fingerprint density at radius 1 is 1.61 bits per heavy atom. The van der Waals surface area contributed by atoms with Crippen LogP contribution in [0.4, 0.5) is 0 Å². The Morgan fingerprint density at radius 2 is 2.44 bits per heavy atom. The van der Waals surface area contributed by atoms with Crippen molar-refractivity contribution in [1.29, 1.82) is 0 Å². The number of fused-ring (bicyclic) bond motifs is 1. The molecule has 0 aromatic carbocycles. The molecular formula is C12H13ClN4O. The van der Waals surface area contributed by atoms with Crippen LogP contribution in [0, 0.1) is 6.92 Å². The summed E-state index contributed by atoms with van der Waals surface area (Å²) < 4.78 is 1.99. The van der Waals surface area contributed by atoms with E-state index in [1.54, 1.807) is 0 Å². The van der Waals surface area contributed by atoms with E-state index >= 15 is 0 Å². The van der Waals surface area contributed by atoms with Gasteiger partial charge >= 0.3 is 0 Å². The summed E-state index contributed by atoms with van der Waals surface area (Å²) in [6.45, 7) is 2.59. The molecule has 94 valence electrons. The molecule has 3 rings (SSSR count). The van der Waals surface area contributed by atoms with Gasteiger partial charge in [0.15, 0.2) is 5.65 Å². The first-order chi connectivity index (χ1) is 8.69. The summed E-state index contributed by atoms with van der Waals surface area (Å²) in [5.41, 5.74) is 2.71. The second-order valence-corrected chi connectivity index (χ2v) is 4.82. The second kappa shape index (κ2) is 4.24. The maximum absolute atomic E-state index is 11.3. The molecule has 1 amide bonds. The number of rotatable bonds is 2. The fraction of sp³-hybridized carbons (Fsp3) is 0.417. The molecular weight excluding hydrogens is 252 g/mol. The summed E-state index contributed by atoms with van der Waals surface area (Å²) in [6.07, 6.45) is 2.27. The van der Waals surface area contributed by atoms with E-state index in [2.05, 4.69) is 15.3 Å². The Balaban J connectivity index is 2.16. The molecule has 1 atom stereocenters. The van der Waals surface area contributed by atoms with E-state index < -0.39 is 0 Å². The smallest absolute Gasteiger partial charge is 0.222 e. The first kappa shape index (κ1) is 11.5. The second-order valence-electron chi connectivity index (χ2n) is 4.55. The molecule has 1 N–H and O–H groups in total. The summed E-state index contributed by atoms with van der Waals surface area (Å²) in [5.74, 6) is 1.15.